The molecular formula is C11H12BrFN2O. The monoisotopic (exact) mass is 286 g/mol. The maximum absolute atomic E-state index is 13.3. The lowest BCUT2D eigenvalue weighted by Gasteiger charge is -2.27. The lowest BCUT2D eigenvalue weighted by atomic mass is 10.2. The number of hydrogen-bond donors (Lipinski definition) is 1. The average Bonchev–Trinajstić information content (AvgIpc) is 2.28. The first-order valence-corrected chi connectivity index (χ1v) is 5.89. The maximum atomic E-state index is 13.3. The third kappa shape index (κ3) is 2.41. The van der Waals surface area contributed by atoms with Gasteiger partial charge in [-0.1, -0.05) is 12.1 Å². The first-order valence-electron chi connectivity index (χ1n) is 5.10. The molecule has 1 fully saturated rings. The van der Waals surface area contributed by atoms with Gasteiger partial charge in [-0.25, -0.2) is 4.39 Å². The summed E-state index contributed by atoms with van der Waals surface area (Å²) in [6.07, 6.45) is 0. The van der Waals surface area contributed by atoms with Crippen LogP contribution in [0.5, 0.6) is 0 Å². The van der Waals surface area contributed by atoms with E-state index in [1.807, 2.05) is 6.07 Å². The van der Waals surface area contributed by atoms with Crippen LogP contribution in [0.3, 0.4) is 0 Å². The van der Waals surface area contributed by atoms with Gasteiger partial charge >= 0.3 is 0 Å². The number of benzene rings is 1. The van der Waals surface area contributed by atoms with E-state index in [1.165, 1.54) is 6.07 Å². The van der Waals surface area contributed by atoms with Crippen molar-refractivity contribution in [1.29, 1.82) is 0 Å². The van der Waals surface area contributed by atoms with Crippen LogP contribution in [0.2, 0.25) is 0 Å². The number of carbonyl (C=O) groups excluding carboxylic acids is 1. The second kappa shape index (κ2) is 4.93. The second-order valence-electron chi connectivity index (χ2n) is 3.71. The molecule has 16 heavy (non-hydrogen) atoms. The van der Waals surface area contributed by atoms with Gasteiger partial charge in [0.05, 0.1) is 11.0 Å². The summed E-state index contributed by atoms with van der Waals surface area (Å²) in [6, 6.07) is 4.87. The molecule has 0 atom stereocenters. The van der Waals surface area contributed by atoms with Crippen molar-refractivity contribution in [3.8, 4) is 0 Å². The topological polar surface area (TPSA) is 32.3 Å². The van der Waals surface area contributed by atoms with Gasteiger partial charge in [0.25, 0.3) is 0 Å². The predicted molar refractivity (Wildman–Crippen MR) is 62.4 cm³/mol. The van der Waals surface area contributed by atoms with Gasteiger partial charge in [0.1, 0.15) is 5.82 Å². The van der Waals surface area contributed by atoms with Crippen LogP contribution in [0.25, 0.3) is 0 Å². The van der Waals surface area contributed by atoms with Gasteiger partial charge in [-0.3, -0.25) is 4.79 Å². The van der Waals surface area contributed by atoms with E-state index in [0.717, 1.165) is 12.1 Å². The first kappa shape index (κ1) is 11.5. The van der Waals surface area contributed by atoms with Crippen molar-refractivity contribution >= 4 is 21.8 Å². The highest BCUT2D eigenvalue weighted by molar-refractivity contribution is 9.10. The SMILES string of the molecule is O=C1CNCCN1Cc1cccc(F)c1Br. The van der Waals surface area contributed by atoms with Gasteiger partial charge in [0.15, 0.2) is 0 Å². The summed E-state index contributed by atoms with van der Waals surface area (Å²) in [5.41, 5.74) is 0.801. The Balaban J connectivity index is 2.14. The van der Waals surface area contributed by atoms with E-state index in [0.29, 0.717) is 24.1 Å². The summed E-state index contributed by atoms with van der Waals surface area (Å²) >= 11 is 3.20. The largest absolute Gasteiger partial charge is 0.336 e. The molecule has 86 valence electrons. The summed E-state index contributed by atoms with van der Waals surface area (Å²) < 4.78 is 13.7. The van der Waals surface area contributed by atoms with E-state index in [2.05, 4.69) is 21.2 Å². The number of rotatable bonds is 2. The minimum absolute atomic E-state index is 0.0578. The molecular weight excluding hydrogens is 275 g/mol. The van der Waals surface area contributed by atoms with E-state index < -0.39 is 0 Å². The van der Waals surface area contributed by atoms with Crippen LogP contribution in [0.1, 0.15) is 5.56 Å². The van der Waals surface area contributed by atoms with E-state index in [-0.39, 0.29) is 11.7 Å². The van der Waals surface area contributed by atoms with Crippen molar-refractivity contribution in [2.45, 2.75) is 6.54 Å². The summed E-state index contributed by atoms with van der Waals surface area (Å²) in [6.45, 7) is 2.28. The van der Waals surface area contributed by atoms with Crippen LogP contribution >= 0.6 is 15.9 Å². The standard InChI is InChI=1S/C11H12BrFN2O/c12-11-8(2-1-3-9(11)13)7-15-5-4-14-6-10(15)16/h1-3,14H,4-7H2. The minimum atomic E-state index is -0.292. The van der Waals surface area contributed by atoms with Gasteiger partial charge in [0.2, 0.25) is 5.91 Å². The highest BCUT2D eigenvalue weighted by Crippen LogP contribution is 2.21. The van der Waals surface area contributed by atoms with Crippen molar-refractivity contribution in [1.82, 2.24) is 10.2 Å². The predicted octanol–water partition coefficient (Wildman–Crippen LogP) is 1.52. The minimum Gasteiger partial charge on any atom is -0.336 e. The molecule has 0 saturated carbocycles. The molecule has 0 aromatic heterocycles. The van der Waals surface area contributed by atoms with Crippen molar-refractivity contribution < 1.29 is 9.18 Å². The molecule has 2 rings (SSSR count). The number of amides is 1. The number of halogens is 2. The van der Waals surface area contributed by atoms with Crippen LogP contribution in [0.4, 0.5) is 4.39 Å². The number of nitrogens with one attached hydrogen (secondary N) is 1. The fourth-order valence-corrected chi connectivity index (χ4v) is 2.08. The van der Waals surface area contributed by atoms with Crippen molar-refractivity contribution in [3.05, 3.63) is 34.1 Å². The molecule has 5 heteroatoms. The molecule has 0 bridgehead atoms. The zero-order chi connectivity index (χ0) is 11.5. The second-order valence-corrected chi connectivity index (χ2v) is 4.50. The highest BCUT2D eigenvalue weighted by atomic mass is 79.9. The molecule has 1 aromatic carbocycles. The fourth-order valence-electron chi connectivity index (χ4n) is 1.69. The average molecular weight is 287 g/mol. The quantitative estimate of drug-likeness (QED) is 0.894. The van der Waals surface area contributed by atoms with Crippen LogP contribution in [0, 0.1) is 5.82 Å². The van der Waals surface area contributed by atoms with Crippen molar-refractivity contribution in [2.75, 3.05) is 19.6 Å². The van der Waals surface area contributed by atoms with E-state index in [1.54, 1.807) is 11.0 Å². The molecule has 1 N–H and O–H groups in total. The smallest absolute Gasteiger partial charge is 0.236 e. The Bertz CT molecular complexity index is 411. The molecule has 0 spiro atoms. The normalized spacial score (nSPS) is 16.6. The molecule has 1 aromatic rings. The molecule has 3 nitrogen and oxygen atoms in total. The van der Waals surface area contributed by atoms with Gasteiger partial charge < -0.3 is 10.2 Å². The lowest BCUT2D eigenvalue weighted by Crippen LogP contribution is -2.47. The molecule has 1 heterocycles. The molecule has 1 saturated heterocycles. The first-order chi connectivity index (χ1) is 7.68. The molecule has 1 aliphatic heterocycles. The van der Waals surface area contributed by atoms with E-state index >= 15 is 0 Å². The Hall–Kier alpha value is -0.940. The van der Waals surface area contributed by atoms with Crippen LogP contribution in [-0.4, -0.2) is 30.4 Å². The molecule has 0 aliphatic carbocycles. The van der Waals surface area contributed by atoms with Crippen LogP contribution in [-0.2, 0) is 11.3 Å². The highest BCUT2D eigenvalue weighted by Gasteiger charge is 2.18. The molecule has 1 aliphatic rings. The van der Waals surface area contributed by atoms with Crippen LogP contribution in [0.15, 0.2) is 22.7 Å². The Morgan fingerprint density at radius 3 is 3.06 bits per heavy atom. The third-order valence-corrected chi connectivity index (χ3v) is 3.47. The fraction of sp³-hybridized carbons (Fsp3) is 0.364. The number of carbonyl (C=O) groups is 1. The maximum Gasteiger partial charge on any atom is 0.236 e. The zero-order valence-corrected chi connectivity index (χ0v) is 10.3. The Labute approximate surface area is 102 Å². The lowest BCUT2D eigenvalue weighted by molar-refractivity contribution is -0.132. The molecule has 0 unspecified atom stereocenters. The third-order valence-electron chi connectivity index (χ3n) is 2.58. The van der Waals surface area contributed by atoms with Crippen molar-refractivity contribution in [2.24, 2.45) is 0 Å². The van der Waals surface area contributed by atoms with E-state index in [4.69, 9.17) is 0 Å². The summed E-state index contributed by atoms with van der Waals surface area (Å²) in [7, 11) is 0. The van der Waals surface area contributed by atoms with E-state index in [9.17, 15) is 9.18 Å². The molecule has 0 radical (unpaired) electrons. The summed E-state index contributed by atoms with van der Waals surface area (Å²) in [4.78, 5) is 13.3. The molecule has 1 amide bonds. The Kier molecular flexibility index (Phi) is 3.56. The Morgan fingerprint density at radius 2 is 2.31 bits per heavy atom. The summed E-state index contributed by atoms with van der Waals surface area (Å²) in [5.74, 6) is -0.234. The number of piperazine rings is 1. The van der Waals surface area contributed by atoms with Crippen LogP contribution < -0.4 is 5.32 Å². The van der Waals surface area contributed by atoms with Gasteiger partial charge in [0, 0.05) is 19.6 Å². The van der Waals surface area contributed by atoms with Crippen molar-refractivity contribution in [3.63, 3.8) is 0 Å². The number of nitrogens with zero attached hydrogens (tertiary/aromatic N) is 1. The number of hydrogen-bond acceptors (Lipinski definition) is 2. The van der Waals surface area contributed by atoms with Gasteiger partial charge in [-0.15, -0.1) is 0 Å². The summed E-state index contributed by atoms with van der Waals surface area (Å²) in [5, 5.41) is 3.00. The zero-order valence-electron chi connectivity index (χ0n) is 8.67. The van der Waals surface area contributed by atoms with Gasteiger partial charge in [-0.05, 0) is 27.6 Å². The Morgan fingerprint density at radius 1 is 1.50 bits per heavy atom. The van der Waals surface area contributed by atoms with Gasteiger partial charge in [-0.2, -0.15) is 0 Å².